The van der Waals surface area contributed by atoms with Crippen molar-refractivity contribution in [2.75, 3.05) is 0 Å². The fourth-order valence-corrected chi connectivity index (χ4v) is 1.85. The van der Waals surface area contributed by atoms with Gasteiger partial charge in [-0.2, -0.15) is 0 Å². The quantitative estimate of drug-likeness (QED) is 0.597. The maximum Gasteiger partial charge on any atom is 0.305 e. The van der Waals surface area contributed by atoms with Crippen molar-refractivity contribution in [3.8, 4) is 0 Å². The number of hydrogen-bond donors (Lipinski definition) is 3. The summed E-state index contributed by atoms with van der Waals surface area (Å²) in [6.07, 6.45) is 0.519. The van der Waals surface area contributed by atoms with Gasteiger partial charge in [0.25, 0.3) is 0 Å². The molecule has 0 radical (unpaired) electrons. The van der Waals surface area contributed by atoms with E-state index < -0.39 is 24.3 Å². The Bertz CT molecular complexity index is 462. The van der Waals surface area contributed by atoms with Crippen LogP contribution in [0.15, 0.2) is 30.3 Å². The van der Waals surface area contributed by atoms with Crippen molar-refractivity contribution in [3.05, 3.63) is 35.9 Å². The maximum atomic E-state index is 11.9. The zero-order valence-electron chi connectivity index (χ0n) is 11.2. The molecule has 0 fully saturated rings. The zero-order valence-corrected chi connectivity index (χ0v) is 11.2. The number of carbonyl (C=O) groups is 3. The smallest absolute Gasteiger partial charge is 0.305 e. The number of rotatable bonds is 8. The lowest BCUT2D eigenvalue weighted by atomic mass is 10.1. The highest BCUT2D eigenvalue weighted by atomic mass is 16.4. The third kappa shape index (κ3) is 5.51. The van der Waals surface area contributed by atoms with Gasteiger partial charge in [-0.05, 0) is 18.9 Å². The molecule has 0 heterocycles. The fraction of sp³-hybridized carbons (Fsp3) is 0.357. The van der Waals surface area contributed by atoms with E-state index in [1.807, 2.05) is 37.3 Å². The molecule has 0 aromatic heterocycles. The lowest BCUT2D eigenvalue weighted by Gasteiger charge is -2.18. The predicted molar refractivity (Wildman–Crippen MR) is 73.0 cm³/mol. The largest absolute Gasteiger partial charge is 0.481 e. The number of benzene rings is 1. The molecule has 1 rings (SSSR count). The molecule has 2 amide bonds. The van der Waals surface area contributed by atoms with E-state index in [0.717, 1.165) is 5.56 Å². The molecule has 0 aliphatic carbocycles. The summed E-state index contributed by atoms with van der Waals surface area (Å²) in [5, 5.41) is 13.6. The van der Waals surface area contributed by atoms with Crippen molar-refractivity contribution in [1.82, 2.24) is 10.6 Å². The molecular formula is C14H18N2O4. The van der Waals surface area contributed by atoms with E-state index in [-0.39, 0.29) is 6.04 Å². The van der Waals surface area contributed by atoms with Crippen molar-refractivity contribution < 1.29 is 19.5 Å². The van der Waals surface area contributed by atoms with E-state index in [9.17, 15) is 14.4 Å². The molecule has 3 N–H and O–H groups in total. The van der Waals surface area contributed by atoms with E-state index >= 15 is 0 Å². The molecule has 0 saturated heterocycles. The van der Waals surface area contributed by atoms with Crippen LogP contribution in [0.25, 0.3) is 0 Å². The number of aliphatic carboxylic acids is 1. The van der Waals surface area contributed by atoms with Crippen LogP contribution in [0.5, 0.6) is 0 Å². The minimum atomic E-state index is -1.14. The first-order valence-corrected chi connectivity index (χ1v) is 6.28. The van der Waals surface area contributed by atoms with Gasteiger partial charge in [0.05, 0.1) is 6.42 Å². The highest BCUT2D eigenvalue weighted by Gasteiger charge is 2.22. The molecular weight excluding hydrogens is 260 g/mol. The first-order chi connectivity index (χ1) is 9.52. The van der Waals surface area contributed by atoms with Crippen LogP contribution in [0.1, 0.15) is 18.9 Å². The number of hydrogen-bond acceptors (Lipinski definition) is 3. The highest BCUT2D eigenvalue weighted by molar-refractivity contribution is 5.87. The number of carboxylic acid groups (broad SMARTS) is 1. The topological polar surface area (TPSA) is 95.5 Å². The Morgan fingerprint density at radius 1 is 1.30 bits per heavy atom. The molecule has 6 heteroatoms. The second-order valence-corrected chi connectivity index (χ2v) is 4.53. The summed E-state index contributed by atoms with van der Waals surface area (Å²) in [5.41, 5.74) is 1.07. The Kier molecular flexibility index (Phi) is 6.22. The molecule has 1 aromatic carbocycles. The lowest BCUT2D eigenvalue weighted by molar-refractivity contribution is -0.140. The average molecular weight is 278 g/mol. The first-order valence-electron chi connectivity index (χ1n) is 6.28. The second-order valence-electron chi connectivity index (χ2n) is 4.53. The summed E-state index contributed by atoms with van der Waals surface area (Å²) in [4.78, 5) is 32.9. The van der Waals surface area contributed by atoms with Gasteiger partial charge >= 0.3 is 5.97 Å². The summed E-state index contributed by atoms with van der Waals surface area (Å²) in [5.74, 6) is -1.64. The average Bonchev–Trinajstić information content (AvgIpc) is 2.38. The Hall–Kier alpha value is -2.37. The van der Waals surface area contributed by atoms with Crippen LogP contribution >= 0.6 is 0 Å². The van der Waals surface area contributed by atoms with Crippen molar-refractivity contribution in [1.29, 1.82) is 0 Å². The Morgan fingerprint density at radius 2 is 1.95 bits per heavy atom. The number of amides is 2. The van der Waals surface area contributed by atoms with Crippen molar-refractivity contribution in [3.63, 3.8) is 0 Å². The van der Waals surface area contributed by atoms with Crippen molar-refractivity contribution in [2.45, 2.75) is 31.8 Å². The third-order valence-corrected chi connectivity index (χ3v) is 2.74. The van der Waals surface area contributed by atoms with Gasteiger partial charge in [0.2, 0.25) is 12.3 Å². The monoisotopic (exact) mass is 278 g/mol. The molecule has 0 aliphatic heterocycles. The second kappa shape index (κ2) is 7.93. The summed E-state index contributed by atoms with van der Waals surface area (Å²) in [6, 6.07) is 8.40. The predicted octanol–water partition coefficient (Wildman–Crippen LogP) is 0.323. The minimum Gasteiger partial charge on any atom is -0.481 e. The standard InChI is InChI=1S/C14H18N2O4/c1-10(7-11-5-3-2-4-6-11)16-14(20)12(15-9-17)8-13(18)19/h2-6,9-10,12H,7-8H2,1H3,(H,15,17)(H,16,20)(H,18,19). The third-order valence-electron chi connectivity index (χ3n) is 2.74. The van der Waals surface area contributed by atoms with Crippen LogP contribution in [0.2, 0.25) is 0 Å². The molecule has 0 aliphatic rings. The van der Waals surface area contributed by atoms with Crippen LogP contribution in [-0.4, -0.2) is 35.5 Å². The number of carbonyl (C=O) groups excluding carboxylic acids is 2. The Morgan fingerprint density at radius 3 is 2.50 bits per heavy atom. The highest BCUT2D eigenvalue weighted by Crippen LogP contribution is 2.03. The van der Waals surface area contributed by atoms with Crippen molar-refractivity contribution >= 4 is 18.3 Å². The Balaban J connectivity index is 2.54. The molecule has 2 unspecified atom stereocenters. The molecule has 0 bridgehead atoms. The fourth-order valence-electron chi connectivity index (χ4n) is 1.85. The van der Waals surface area contributed by atoms with E-state index in [4.69, 9.17) is 5.11 Å². The van der Waals surface area contributed by atoms with E-state index in [0.29, 0.717) is 12.8 Å². The zero-order chi connectivity index (χ0) is 15.0. The van der Waals surface area contributed by atoms with Crippen LogP contribution in [0.3, 0.4) is 0 Å². The minimum absolute atomic E-state index is 0.158. The normalized spacial score (nSPS) is 13.1. The Labute approximate surface area is 117 Å². The summed E-state index contributed by atoms with van der Waals surface area (Å²) in [7, 11) is 0. The van der Waals surface area contributed by atoms with Crippen LogP contribution < -0.4 is 10.6 Å². The number of carboxylic acids is 1. The van der Waals surface area contributed by atoms with Gasteiger partial charge in [0, 0.05) is 6.04 Å². The van der Waals surface area contributed by atoms with Gasteiger partial charge in [0.1, 0.15) is 6.04 Å². The lowest BCUT2D eigenvalue weighted by Crippen LogP contribution is -2.48. The van der Waals surface area contributed by atoms with Crippen LogP contribution in [0.4, 0.5) is 0 Å². The van der Waals surface area contributed by atoms with Gasteiger partial charge in [0.15, 0.2) is 0 Å². The van der Waals surface area contributed by atoms with E-state index in [2.05, 4.69) is 10.6 Å². The van der Waals surface area contributed by atoms with Gasteiger partial charge in [-0.1, -0.05) is 30.3 Å². The molecule has 0 spiro atoms. The number of nitrogens with one attached hydrogen (secondary N) is 2. The SMILES string of the molecule is CC(Cc1ccccc1)NC(=O)C(CC(=O)O)NC=O. The van der Waals surface area contributed by atoms with Gasteiger partial charge in [-0.3, -0.25) is 14.4 Å². The van der Waals surface area contributed by atoms with Crippen molar-refractivity contribution in [2.24, 2.45) is 0 Å². The molecule has 20 heavy (non-hydrogen) atoms. The van der Waals surface area contributed by atoms with Crippen LogP contribution in [-0.2, 0) is 20.8 Å². The molecule has 6 nitrogen and oxygen atoms in total. The molecule has 0 saturated carbocycles. The van der Waals surface area contributed by atoms with Gasteiger partial charge in [-0.15, -0.1) is 0 Å². The van der Waals surface area contributed by atoms with E-state index in [1.54, 1.807) is 0 Å². The molecule has 108 valence electrons. The molecule has 1 aromatic rings. The first kappa shape index (κ1) is 15.7. The van der Waals surface area contributed by atoms with Gasteiger partial charge < -0.3 is 15.7 Å². The maximum absolute atomic E-state index is 11.9. The van der Waals surface area contributed by atoms with Crippen LogP contribution in [0, 0.1) is 0 Å². The summed E-state index contributed by atoms with van der Waals surface area (Å²) in [6.45, 7) is 1.82. The van der Waals surface area contributed by atoms with E-state index in [1.165, 1.54) is 0 Å². The summed E-state index contributed by atoms with van der Waals surface area (Å²) < 4.78 is 0. The molecule has 2 atom stereocenters. The summed E-state index contributed by atoms with van der Waals surface area (Å²) >= 11 is 0. The van der Waals surface area contributed by atoms with Gasteiger partial charge in [-0.25, -0.2) is 0 Å².